The van der Waals surface area contributed by atoms with Crippen molar-refractivity contribution < 1.29 is 4.92 Å². The van der Waals surface area contributed by atoms with Gasteiger partial charge in [-0.2, -0.15) is 5.10 Å². The average Bonchev–Trinajstić information content (AvgIpc) is 2.47. The molecule has 0 aliphatic heterocycles. The molecule has 2 rings (SSSR count). The number of nitro groups is 1. The SMILES string of the molecule is CCn1nc(-c2cccc([N+](=O)[O-])c2)cc(CCl)c1=O. The fourth-order valence-electron chi connectivity index (χ4n) is 1.83. The molecule has 0 fully saturated rings. The fraction of sp³-hybridized carbons (Fsp3) is 0.231. The molecule has 1 aromatic heterocycles. The first-order valence-corrected chi connectivity index (χ1v) is 6.52. The minimum atomic E-state index is -0.470. The maximum absolute atomic E-state index is 11.9. The molecule has 0 saturated heterocycles. The molecular formula is C13H12ClN3O3. The second-order valence-corrected chi connectivity index (χ2v) is 4.38. The summed E-state index contributed by atoms with van der Waals surface area (Å²) in [5.41, 5.74) is 1.23. The molecule has 0 bridgehead atoms. The number of non-ortho nitro benzene ring substituents is 1. The summed E-state index contributed by atoms with van der Waals surface area (Å²) in [6, 6.07) is 7.68. The highest BCUT2D eigenvalue weighted by Crippen LogP contribution is 2.22. The Morgan fingerprint density at radius 2 is 2.15 bits per heavy atom. The van der Waals surface area contributed by atoms with Crippen LogP contribution >= 0.6 is 11.6 Å². The lowest BCUT2D eigenvalue weighted by Crippen LogP contribution is -2.25. The minimum absolute atomic E-state index is 0.0222. The Balaban J connectivity index is 2.60. The van der Waals surface area contributed by atoms with Crippen LogP contribution in [-0.2, 0) is 12.4 Å². The molecule has 6 nitrogen and oxygen atoms in total. The lowest BCUT2D eigenvalue weighted by molar-refractivity contribution is -0.384. The van der Waals surface area contributed by atoms with Crippen LogP contribution in [0.25, 0.3) is 11.3 Å². The molecule has 7 heteroatoms. The van der Waals surface area contributed by atoms with Gasteiger partial charge in [0.1, 0.15) is 0 Å². The molecule has 0 atom stereocenters. The van der Waals surface area contributed by atoms with E-state index < -0.39 is 4.92 Å². The largest absolute Gasteiger partial charge is 0.271 e. The van der Waals surface area contributed by atoms with Gasteiger partial charge in [-0.05, 0) is 13.0 Å². The third-order valence-corrected chi connectivity index (χ3v) is 3.13. The van der Waals surface area contributed by atoms with Crippen molar-refractivity contribution in [1.29, 1.82) is 0 Å². The summed E-state index contributed by atoms with van der Waals surface area (Å²) >= 11 is 5.75. The van der Waals surface area contributed by atoms with Crippen LogP contribution in [0.2, 0.25) is 0 Å². The first kappa shape index (κ1) is 14.2. The number of nitro benzene ring substituents is 1. The zero-order valence-corrected chi connectivity index (χ0v) is 11.5. The smallest absolute Gasteiger partial charge is 0.267 e. The highest BCUT2D eigenvalue weighted by Gasteiger charge is 2.11. The molecular weight excluding hydrogens is 282 g/mol. The normalized spacial score (nSPS) is 10.5. The maximum atomic E-state index is 11.9. The molecule has 1 heterocycles. The summed E-state index contributed by atoms with van der Waals surface area (Å²) in [6.45, 7) is 2.20. The summed E-state index contributed by atoms with van der Waals surface area (Å²) in [5, 5.41) is 15.0. The van der Waals surface area contributed by atoms with Crippen molar-refractivity contribution in [2.24, 2.45) is 0 Å². The molecule has 0 unspecified atom stereocenters. The zero-order valence-electron chi connectivity index (χ0n) is 10.7. The monoisotopic (exact) mass is 293 g/mol. The van der Waals surface area contributed by atoms with Crippen LogP contribution < -0.4 is 5.56 Å². The number of aromatic nitrogens is 2. The van der Waals surface area contributed by atoms with E-state index in [1.165, 1.54) is 16.8 Å². The zero-order chi connectivity index (χ0) is 14.7. The molecule has 20 heavy (non-hydrogen) atoms. The van der Waals surface area contributed by atoms with Crippen molar-refractivity contribution in [1.82, 2.24) is 9.78 Å². The Bertz CT molecular complexity index is 684. The van der Waals surface area contributed by atoms with Gasteiger partial charge >= 0.3 is 0 Å². The van der Waals surface area contributed by atoms with E-state index in [0.29, 0.717) is 23.4 Å². The summed E-state index contributed by atoms with van der Waals surface area (Å²) in [4.78, 5) is 22.2. The van der Waals surface area contributed by atoms with Gasteiger partial charge in [0.2, 0.25) is 0 Å². The van der Waals surface area contributed by atoms with Gasteiger partial charge in [-0.25, -0.2) is 4.68 Å². The van der Waals surface area contributed by atoms with Gasteiger partial charge in [0.25, 0.3) is 11.2 Å². The van der Waals surface area contributed by atoms with E-state index in [0.717, 1.165) is 0 Å². The van der Waals surface area contributed by atoms with Crippen molar-refractivity contribution in [3.8, 4) is 11.3 Å². The molecule has 0 spiro atoms. The van der Waals surface area contributed by atoms with E-state index in [-0.39, 0.29) is 17.1 Å². The van der Waals surface area contributed by atoms with Crippen LogP contribution in [0.3, 0.4) is 0 Å². The van der Waals surface area contributed by atoms with Crippen LogP contribution in [0.1, 0.15) is 12.5 Å². The van der Waals surface area contributed by atoms with E-state index in [4.69, 9.17) is 11.6 Å². The number of halogens is 1. The Morgan fingerprint density at radius 1 is 1.40 bits per heavy atom. The number of nitrogens with zero attached hydrogens (tertiary/aromatic N) is 3. The molecule has 0 saturated carbocycles. The topological polar surface area (TPSA) is 78.0 Å². The first-order valence-electron chi connectivity index (χ1n) is 5.98. The number of hydrogen-bond donors (Lipinski definition) is 0. The summed E-state index contributed by atoms with van der Waals surface area (Å²) in [6.07, 6.45) is 0. The van der Waals surface area contributed by atoms with Gasteiger partial charge < -0.3 is 0 Å². The second-order valence-electron chi connectivity index (χ2n) is 4.12. The van der Waals surface area contributed by atoms with Crippen molar-refractivity contribution >= 4 is 17.3 Å². The number of benzene rings is 1. The molecule has 1 aromatic carbocycles. The fourth-order valence-corrected chi connectivity index (χ4v) is 2.02. The highest BCUT2D eigenvalue weighted by molar-refractivity contribution is 6.17. The Labute approximate surface area is 119 Å². The molecule has 0 N–H and O–H groups in total. The van der Waals surface area contributed by atoms with Crippen LogP contribution in [0.4, 0.5) is 5.69 Å². The van der Waals surface area contributed by atoms with E-state index in [2.05, 4.69) is 5.10 Å². The molecule has 0 aliphatic rings. The second kappa shape index (κ2) is 5.83. The minimum Gasteiger partial charge on any atom is -0.267 e. The number of hydrogen-bond acceptors (Lipinski definition) is 4. The van der Waals surface area contributed by atoms with Crippen molar-refractivity contribution in [3.05, 3.63) is 56.4 Å². The number of aryl methyl sites for hydroxylation is 1. The van der Waals surface area contributed by atoms with Gasteiger partial charge in [0.05, 0.1) is 16.5 Å². The lowest BCUT2D eigenvalue weighted by atomic mass is 10.1. The van der Waals surface area contributed by atoms with Crippen molar-refractivity contribution in [2.75, 3.05) is 0 Å². The van der Waals surface area contributed by atoms with E-state index >= 15 is 0 Å². The average molecular weight is 294 g/mol. The predicted octanol–water partition coefficient (Wildman–Crippen LogP) is 2.58. The van der Waals surface area contributed by atoms with Gasteiger partial charge in [0, 0.05) is 29.8 Å². The van der Waals surface area contributed by atoms with Crippen molar-refractivity contribution in [2.45, 2.75) is 19.3 Å². The maximum Gasteiger partial charge on any atom is 0.271 e. The Morgan fingerprint density at radius 3 is 2.75 bits per heavy atom. The molecule has 0 radical (unpaired) electrons. The van der Waals surface area contributed by atoms with Gasteiger partial charge in [-0.1, -0.05) is 12.1 Å². The van der Waals surface area contributed by atoms with Gasteiger partial charge in [0.15, 0.2) is 0 Å². The summed E-state index contributed by atoms with van der Waals surface area (Å²) in [5.74, 6) is 0.0727. The standard InChI is InChI=1S/C13H12ClN3O3/c1-2-16-13(18)10(8-14)7-12(15-16)9-4-3-5-11(6-9)17(19)20/h3-7H,2,8H2,1H3. The first-order chi connectivity index (χ1) is 9.56. The van der Waals surface area contributed by atoms with E-state index in [9.17, 15) is 14.9 Å². The Kier molecular flexibility index (Phi) is 4.14. The quantitative estimate of drug-likeness (QED) is 0.493. The van der Waals surface area contributed by atoms with Gasteiger partial charge in [-0.3, -0.25) is 14.9 Å². The van der Waals surface area contributed by atoms with Crippen LogP contribution in [0, 0.1) is 10.1 Å². The molecule has 0 amide bonds. The Hall–Kier alpha value is -2.21. The molecule has 104 valence electrons. The molecule has 2 aromatic rings. The third-order valence-electron chi connectivity index (χ3n) is 2.84. The lowest BCUT2D eigenvalue weighted by Gasteiger charge is -2.07. The third kappa shape index (κ3) is 2.70. The van der Waals surface area contributed by atoms with Gasteiger partial charge in [-0.15, -0.1) is 11.6 Å². The predicted molar refractivity (Wildman–Crippen MR) is 75.8 cm³/mol. The summed E-state index contributed by atoms with van der Waals surface area (Å²) in [7, 11) is 0. The molecule has 0 aliphatic carbocycles. The summed E-state index contributed by atoms with van der Waals surface area (Å²) < 4.78 is 1.30. The van der Waals surface area contributed by atoms with E-state index in [1.807, 2.05) is 0 Å². The van der Waals surface area contributed by atoms with Crippen LogP contribution in [-0.4, -0.2) is 14.7 Å². The number of alkyl halides is 1. The van der Waals surface area contributed by atoms with E-state index in [1.54, 1.807) is 25.1 Å². The number of rotatable bonds is 4. The van der Waals surface area contributed by atoms with Crippen LogP contribution in [0.15, 0.2) is 35.1 Å². The van der Waals surface area contributed by atoms with Crippen LogP contribution in [0.5, 0.6) is 0 Å². The van der Waals surface area contributed by atoms with Crippen molar-refractivity contribution in [3.63, 3.8) is 0 Å². The highest BCUT2D eigenvalue weighted by atomic mass is 35.5.